The van der Waals surface area contributed by atoms with Crippen LogP contribution >= 0.6 is 11.8 Å². The van der Waals surface area contributed by atoms with Crippen molar-refractivity contribution in [3.63, 3.8) is 0 Å². The van der Waals surface area contributed by atoms with Gasteiger partial charge >= 0.3 is 29.8 Å². The molecule has 16 nitrogen and oxygen atoms in total. The molecule has 1 fully saturated rings. The molecule has 0 amide bonds. The largest absolute Gasteiger partial charge is 0.480 e. The minimum atomic E-state index is -1.12. The second kappa shape index (κ2) is 20.4. The third kappa shape index (κ3) is 16.0. The van der Waals surface area contributed by atoms with E-state index in [-0.39, 0.29) is 91.6 Å². The van der Waals surface area contributed by atoms with Gasteiger partial charge in [-0.3, -0.25) is 48.5 Å². The standard InChI is InChI=1S/C29H42N6O10S/c30-21-46-24-5-2-22(3-6-24)1-4-23-15-34(19-28(42)43)12-11-32(17-26(38)39)8-7-31(16-25(36)37)9-10-33(18-27(40)41)13-14-35(23)20-29(44)45/h2-3,5-6,23H,1,4,7-20H2,(H,36,37)(H,38,39)(H,40,41)(H,42,43)(H,44,45). The zero-order chi connectivity index (χ0) is 34.1. The van der Waals surface area contributed by atoms with Gasteiger partial charge in [0.05, 0.1) is 32.7 Å². The van der Waals surface area contributed by atoms with Crippen molar-refractivity contribution in [1.29, 1.82) is 5.26 Å². The molecule has 1 saturated heterocycles. The molecular formula is C29H42N6O10S. The lowest BCUT2D eigenvalue weighted by Crippen LogP contribution is -2.51. The van der Waals surface area contributed by atoms with Crippen molar-refractivity contribution in [2.24, 2.45) is 0 Å². The zero-order valence-electron chi connectivity index (χ0n) is 25.6. The number of hydrogen-bond acceptors (Lipinski definition) is 12. The molecule has 5 N–H and O–H groups in total. The quantitative estimate of drug-likeness (QED) is 0.125. The fourth-order valence-corrected chi connectivity index (χ4v) is 5.67. The van der Waals surface area contributed by atoms with Gasteiger partial charge in [0.25, 0.3) is 0 Å². The molecule has 0 saturated carbocycles. The van der Waals surface area contributed by atoms with E-state index in [0.29, 0.717) is 12.8 Å². The molecule has 0 aromatic heterocycles. The molecule has 254 valence electrons. The highest BCUT2D eigenvalue weighted by Gasteiger charge is 2.27. The van der Waals surface area contributed by atoms with E-state index < -0.39 is 35.9 Å². The van der Waals surface area contributed by atoms with Gasteiger partial charge in [0.1, 0.15) is 5.40 Å². The van der Waals surface area contributed by atoms with Crippen molar-refractivity contribution in [3.8, 4) is 5.40 Å². The van der Waals surface area contributed by atoms with E-state index in [9.17, 15) is 49.5 Å². The first kappa shape index (κ1) is 38.4. The Morgan fingerprint density at radius 2 is 1.02 bits per heavy atom. The van der Waals surface area contributed by atoms with E-state index in [4.69, 9.17) is 5.26 Å². The van der Waals surface area contributed by atoms with Crippen LogP contribution in [0.5, 0.6) is 0 Å². The van der Waals surface area contributed by atoms with Gasteiger partial charge in [0, 0.05) is 69.8 Å². The third-order valence-corrected chi connectivity index (χ3v) is 8.11. The smallest absolute Gasteiger partial charge is 0.317 e. The average molecular weight is 667 g/mol. The number of rotatable bonds is 14. The summed E-state index contributed by atoms with van der Waals surface area (Å²) in [4.78, 5) is 67.6. The van der Waals surface area contributed by atoms with E-state index >= 15 is 0 Å². The molecule has 1 unspecified atom stereocenters. The Hall–Kier alpha value is -3.79. The van der Waals surface area contributed by atoms with Crippen molar-refractivity contribution >= 4 is 41.6 Å². The lowest BCUT2D eigenvalue weighted by Gasteiger charge is -2.36. The molecule has 0 radical (unpaired) electrons. The first-order valence-electron chi connectivity index (χ1n) is 14.7. The Bertz CT molecular complexity index is 1210. The van der Waals surface area contributed by atoms with Crippen LogP contribution in [0, 0.1) is 10.7 Å². The highest BCUT2D eigenvalue weighted by atomic mass is 32.2. The van der Waals surface area contributed by atoms with Crippen LogP contribution in [-0.2, 0) is 30.4 Å². The Balaban J connectivity index is 2.46. The molecule has 1 aromatic rings. The summed E-state index contributed by atoms with van der Waals surface area (Å²) >= 11 is 1.02. The number of thiocyanates is 1. The molecule has 1 atom stereocenters. The van der Waals surface area contributed by atoms with Crippen LogP contribution in [-0.4, -0.2) is 178 Å². The fourth-order valence-electron chi connectivity index (χ4n) is 5.29. The number of nitriles is 1. The molecular weight excluding hydrogens is 624 g/mol. The summed E-state index contributed by atoms with van der Waals surface area (Å²) in [6.45, 7) is -0.385. The molecule has 1 aromatic carbocycles. The number of aliphatic carboxylic acids is 5. The summed E-state index contributed by atoms with van der Waals surface area (Å²) in [6, 6.07) is 6.87. The Kier molecular flexibility index (Phi) is 17.0. The first-order valence-corrected chi connectivity index (χ1v) is 15.5. The molecule has 1 aliphatic heterocycles. The lowest BCUT2D eigenvalue weighted by atomic mass is 10.0. The number of hydrogen-bond donors (Lipinski definition) is 5. The van der Waals surface area contributed by atoms with E-state index in [1.807, 2.05) is 17.5 Å². The van der Waals surface area contributed by atoms with Crippen LogP contribution in [0.25, 0.3) is 0 Å². The van der Waals surface area contributed by atoms with Gasteiger partial charge in [-0.15, -0.1) is 0 Å². The highest BCUT2D eigenvalue weighted by Crippen LogP contribution is 2.19. The molecule has 1 aliphatic rings. The molecule has 46 heavy (non-hydrogen) atoms. The topological polar surface area (TPSA) is 226 Å². The second-order valence-electron chi connectivity index (χ2n) is 11.0. The summed E-state index contributed by atoms with van der Waals surface area (Å²) in [5.74, 6) is -5.55. The molecule has 1 heterocycles. The summed E-state index contributed by atoms with van der Waals surface area (Å²) in [5.41, 5.74) is 0.928. The maximum Gasteiger partial charge on any atom is 0.317 e. The Labute approximate surface area is 271 Å². The van der Waals surface area contributed by atoms with E-state index in [1.54, 1.807) is 36.6 Å². The first-order chi connectivity index (χ1) is 21.8. The maximum atomic E-state index is 12.0. The van der Waals surface area contributed by atoms with Crippen LogP contribution in [0.3, 0.4) is 0 Å². The number of nitrogens with zero attached hydrogens (tertiary/aromatic N) is 6. The number of carbonyl (C=O) groups is 5. The number of aryl methyl sites for hydroxylation is 1. The van der Waals surface area contributed by atoms with Crippen molar-refractivity contribution in [2.75, 3.05) is 91.6 Å². The maximum absolute atomic E-state index is 12.0. The van der Waals surface area contributed by atoms with Crippen LogP contribution in [0.1, 0.15) is 12.0 Å². The predicted octanol–water partition coefficient (Wildman–Crippen LogP) is -0.492. The van der Waals surface area contributed by atoms with Crippen molar-refractivity contribution in [3.05, 3.63) is 29.8 Å². The molecule has 2 rings (SSSR count). The van der Waals surface area contributed by atoms with Gasteiger partial charge in [-0.25, -0.2) is 0 Å². The minimum Gasteiger partial charge on any atom is -0.480 e. The molecule has 0 aliphatic carbocycles. The monoisotopic (exact) mass is 666 g/mol. The van der Waals surface area contributed by atoms with Crippen LogP contribution < -0.4 is 0 Å². The second-order valence-corrected chi connectivity index (χ2v) is 11.9. The number of thioether (sulfide) groups is 1. The van der Waals surface area contributed by atoms with Gasteiger partial charge in [-0.1, -0.05) is 12.1 Å². The van der Waals surface area contributed by atoms with Gasteiger partial charge in [0.2, 0.25) is 0 Å². The van der Waals surface area contributed by atoms with Crippen molar-refractivity contribution in [1.82, 2.24) is 24.5 Å². The number of benzene rings is 1. The van der Waals surface area contributed by atoms with E-state index in [2.05, 4.69) is 0 Å². The fraction of sp³-hybridized carbons (Fsp3) is 0.586. The van der Waals surface area contributed by atoms with Gasteiger partial charge in [-0.2, -0.15) is 5.26 Å². The summed E-state index contributed by atoms with van der Waals surface area (Å²) < 4.78 is 0. The average Bonchev–Trinajstić information content (AvgIpc) is 2.96. The third-order valence-electron chi connectivity index (χ3n) is 7.51. The normalized spacial score (nSPS) is 19.0. The van der Waals surface area contributed by atoms with Crippen LogP contribution in [0.2, 0.25) is 0 Å². The zero-order valence-corrected chi connectivity index (χ0v) is 26.4. The SMILES string of the molecule is N#CSc1ccc(CCC2CN(CC(=O)O)CCN(CC(=O)O)CCN(CC(=O)O)CCN(CC(=O)O)CCN2CC(=O)O)cc1. The van der Waals surface area contributed by atoms with Crippen LogP contribution in [0.15, 0.2) is 29.2 Å². The minimum absolute atomic E-state index is 0.146. The Morgan fingerprint density at radius 3 is 1.43 bits per heavy atom. The lowest BCUT2D eigenvalue weighted by molar-refractivity contribution is -0.141. The Morgan fingerprint density at radius 1 is 0.630 bits per heavy atom. The summed E-state index contributed by atoms with van der Waals surface area (Å²) in [6.07, 6.45) is 0.936. The number of carboxylic acid groups (broad SMARTS) is 5. The summed E-state index contributed by atoms with van der Waals surface area (Å²) in [7, 11) is 0. The van der Waals surface area contributed by atoms with Gasteiger partial charge in [0.15, 0.2) is 0 Å². The highest BCUT2D eigenvalue weighted by molar-refractivity contribution is 8.03. The summed E-state index contributed by atoms with van der Waals surface area (Å²) in [5, 5.41) is 58.9. The number of carboxylic acids is 5. The molecule has 0 spiro atoms. The van der Waals surface area contributed by atoms with Gasteiger partial charge in [-0.05, 0) is 42.3 Å². The van der Waals surface area contributed by atoms with Gasteiger partial charge < -0.3 is 25.5 Å². The van der Waals surface area contributed by atoms with Crippen molar-refractivity contribution in [2.45, 2.75) is 23.8 Å². The molecule has 17 heteroatoms. The van der Waals surface area contributed by atoms with E-state index in [1.165, 1.54) is 0 Å². The van der Waals surface area contributed by atoms with Crippen molar-refractivity contribution < 1.29 is 49.5 Å². The molecule has 0 bridgehead atoms. The predicted molar refractivity (Wildman–Crippen MR) is 166 cm³/mol. The van der Waals surface area contributed by atoms with Crippen LogP contribution in [0.4, 0.5) is 0 Å². The van der Waals surface area contributed by atoms with E-state index in [0.717, 1.165) is 22.2 Å².